The number of carbonyl (C=O) groups excluding carboxylic acids is 1. The molecule has 0 radical (unpaired) electrons. The fraction of sp³-hybridized carbons (Fsp3) is 0.100. The number of nitro benzene ring substituents is 1. The van der Waals surface area contributed by atoms with Gasteiger partial charge in [-0.3, -0.25) is 14.9 Å². The van der Waals surface area contributed by atoms with Gasteiger partial charge in [0.2, 0.25) is 0 Å². The smallest absolute Gasteiger partial charge is 0.270 e. The lowest BCUT2D eigenvalue weighted by molar-refractivity contribution is -0.384. The first-order valence-electron chi connectivity index (χ1n) is 7.94. The molecule has 128 valence electrons. The fourth-order valence-corrected chi connectivity index (χ4v) is 2.86. The number of aryl methyl sites for hydroxylation is 1. The maximum absolute atomic E-state index is 12.6. The highest BCUT2D eigenvalue weighted by molar-refractivity contribution is 5.97. The monoisotopic (exact) mass is 345 g/mol. The fourth-order valence-electron chi connectivity index (χ4n) is 2.86. The van der Waals surface area contributed by atoms with E-state index in [-0.39, 0.29) is 11.3 Å². The third-order valence-corrected chi connectivity index (χ3v) is 4.22. The average molecular weight is 345 g/mol. The number of nitro groups is 1. The second-order valence-corrected chi connectivity index (χ2v) is 5.86. The Morgan fingerprint density at radius 2 is 1.88 bits per heavy atom. The molecule has 6 heteroatoms. The predicted molar refractivity (Wildman–Crippen MR) is 97.6 cm³/mol. The van der Waals surface area contributed by atoms with E-state index in [9.17, 15) is 20.2 Å². The van der Waals surface area contributed by atoms with Crippen molar-refractivity contribution >= 4 is 22.4 Å². The maximum Gasteiger partial charge on any atom is 0.270 e. The topological polar surface area (TPSA) is 96.0 Å². The van der Waals surface area contributed by atoms with Gasteiger partial charge in [0.25, 0.3) is 11.6 Å². The highest BCUT2D eigenvalue weighted by atomic mass is 16.6. The summed E-state index contributed by atoms with van der Waals surface area (Å²) in [5.74, 6) is -0.523. The predicted octanol–water partition coefficient (Wildman–Crippen LogP) is 4.05. The van der Waals surface area contributed by atoms with Crippen LogP contribution in [0.15, 0.2) is 60.7 Å². The molecule has 0 bridgehead atoms. The number of hydrogen-bond donors (Lipinski definition) is 1. The van der Waals surface area contributed by atoms with Gasteiger partial charge in [0, 0.05) is 17.7 Å². The standard InChI is InChI=1S/C20H15N3O3/c1-13-9-10-15(23(25)26)11-18(13)20(24)22-19(12-21)17-8-4-6-14-5-2-3-7-16(14)17/h2-11,19H,1H3,(H,22,24). The number of non-ortho nitro benzene ring substituents is 1. The van der Waals surface area contributed by atoms with Crippen molar-refractivity contribution in [1.82, 2.24) is 5.32 Å². The minimum absolute atomic E-state index is 0.167. The summed E-state index contributed by atoms with van der Waals surface area (Å²) < 4.78 is 0. The molecule has 0 saturated heterocycles. The van der Waals surface area contributed by atoms with E-state index >= 15 is 0 Å². The number of carbonyl (C=O) groups is 1. The first kappa shape index (κ1) is 17.1. The van der Waals surface area contributed by atoms with Crippen LogP contribution in [0.4, 0.5) is 5.69 Å². The van der Waals surface area contributed by atoms with Gasteiger partial charge in [0.1, 0.15) is 6.04 Å². The molecule has 1 N–H and O–H groups in total. The molecule has 1 amide bonds. The van der Waals surface area contributed by atoms with Crippen molar-refractivity contribution in [2.45, 2.75) is 13.0 Å². The molecule has 3 aromatic rings. The van der Waals surface area contributed by atoms with Crippen LogP contribution in [0.2, 0.25) is 0 Å². The molecule has 1 atom stereocenters. The highest BCUT2D eigenvalue weighted by Crippen LogP contribution is 2.25. The van der Waals surface area contributed by atoms with Crippen LogP contribution >= 0.6 is 0 Å². The Labute approximate surface area is 149 Å². The number of nitrogens with zero attached hydrogens (tertiary/aromatic N) is 2. The zero-order valence-corrected chi connectivity index (χ0v) is 14.0. The number of fused-ring (bicyclic) bond motifs is 1. The maximum atomic E-state index is 12.6. The first-order chi connectivity index (χ1) is 12.5. The Kier molecular flexibility index (Phi) is 4.63. The average Bonchev–Trinajstić information content (AvgIpc) is 2.65. The van der Waals surface area contributed by atoms with Crippen molar-refractivity contribution in [3.63, 3.8) is 0 Å². The van der Waals surface area contributed by atoms with E-state index in [1.807, 2.05) is 36.4 Å². The SMILES string of the molecule is Cc1ccc([N+](=O)[O-])cc1C(=O)NC(C#N)c1cccc2ccccc12. The summed E-state index contributed by atoms with van der Waals surface area (Å²) in [6, 6.07) is 18.5. The molecule has 0 fully saturated rings. The second kappa shape index (κ2) is 7.03. The second-order valence-electron chi connectivity index (χ2n) is 5.86. The summed E-state index contributed by atoms with van der Waals surface area (Å²) in [4.78, 5) is 23.0. The van der Waals surface area contributed by atoms with Crippen LogP contribution in [0.5, 0.6) is 0 Å². The molecule has 3 rings (SSSR count). The number of nitriles is 1. The lowest BCUT2D eigenvalue weighted by atomic mass is 9.99. The molecule has 0 aliphatic carbocycles. The number of rotatable bonds is 4. The largest absolute Gasteiger partial charge is 0.332 e. The molecular formula is C20H15N3O3. The van der Waals surface area contributed by atoms with Gasteiger partial charge in [-0.15, -0.1) is 0 Å². The Balaban J connectivity index is 1.96. The van der Waals surface area contributed by atoms with Gasteiger partial charge in [0.15, 0.2) is 0 Å². The van der Waals surface area contributed by atoms with Crippen LogP contribution in [-0.4, -0.2) is 10.8 Å². The molecule has 26 heavy (non-hydrogen) atoms. The van der Waals surface area contributed by atoms with Gasteiger partial charge in [-0.2, -0.15) is 5.26 Å². The van der Waals surface area contributed by atoms with Crippen molar-refractivity contribution in [3.8, 4) is 6.07 Å². The van der Waals surface area contributed by atoms with Crippen LogP contribution in [0, 0.1) is 28.4 Å². The van der Waals surface area contributed by atoms with E-state index < -0.39 is 16.9 Å². The molecule has 0 saturated carbocycles. The van der Waals surface area contributed by atoms with Crippen molar-refractivity contribution in [1.29, 1.82) is 5.26 Å². The lowest BCUT2D eigenvalue weighted by Gasteiger charge is -2.15. The zero-order valence-electron chi connectivity index (χ0n) is 14.0. The van der Waals surface area contributed by atoms with Crippen molar-refractivity contribution in [3.05, 3.63) is 87.5 Å². The van der Waals surface area contributed by atoms with Crippen molar-refractivity contribution < 1.29 is 9.72 Å². The Morgan fingerprint density at radius 1 is 1.15 bits per heavy atom. The Morgan fingerprint density at radius 3 is 2.62 bits per heavy atom. The van der Waals surface area contributed by atoms with Crippen molar-refractivity contribution in [2.24, 2.45) is 0 Å². The number of nitrogens with one attached hydrogen (secondary N) is 1. The third kappa shape index (κ3) is 3.23. The van der Waals surface area contributed by atoms with E-state index in [1.165, 1.54) is 18.2 Å². The highest BCUT2D eigenvalue weighted by Gasteiger charge is 2.20. The summed E-state index contributed by atoms with van der Waals surface area (Å²) in [7, 11) is 0. The van der Waals surface area contributed by atoms with Gasteiger partial charge in [-0.1, -0.05) is 48.5 Å². The Hall–Kier alpha value is -3.72. The number of hydrogen-bond acceptors (Lipinski definition) is 4. The molecule has 0 aliphatic rings. The Bertz CT molecular complexity index is 1050. The van der Waals surface area contributed by atoms with E-state index in [2.05, 4.69) is 11.4 Å². The van der Waals surface area contributed by atoms with Gasteiger partial charge in [-0.25, -0.2) is 0 Å². The number of benzene rings is 3. The van der Waals surface area contributed by atoms with Crippen LogP contribution in [0.3, 0.4) is 0 Å². The van der Waals surface area contributed by atoms with Gasteiger partial charge < -0.3 is 5.32 Å². The van der Waals surface area contributed by atoms with E-state index in [4.69, 9.17) is 0 Å². The van der Waals surface area contributed by atoms with Crippen LogP contribution < -0.4 is 5.32 Å². The molecule has 0 heterocycles. The molecule has 6 nitrogen and oxygen atoms in total. The third-order valence-electron chi connectivity index (χ3n) is 4.22. The minimum atomic E-state index is -0.868. The van der Waals surface area contributed by atoms with E-state index in [1.54, 1.807) is 13.0 Å². The molecule has 0 spiro atoms. The normalized spacial score (nSPS) is 11.5. The molecule has 0 aliphatic heterocycles. The summed E-state index contributed by atoms with van der Waals surface area (Å²) in [5.41, 5.74) is 1.30. The van der Waals surface area contributed by atoms with Gasteiger partial charge in [0.05, 0.1) is 11.0 Å². The summed E-state index contributed by atoms with van der Waals surface area (Å²) in [6.45, 7) is 1.69. The van der Waals surface area contributed by atoms with E-state index in [0.29, 0.717) is 11.1 Å². The summed E-state index contributed by atoms with van der Waals surface area (Å²) in [5, 5.41) is 25.0. The molecule has 1 unspecified atom stereocenters. The van der Waals surface area contributed by atoms with Crippen LogP contribution in [0.25, 0.3) is 10.8 Å². The number of amides is 1. The van der Waals surface area contributed by atoms with Crippen molar-refractivity contribution in [2.75, 3.05) is 0 Å². The quantitative estimate of drug-likeness (QED) is 0.570. The minimum Gasteiger partial charge on any atom is -0.332 e. The van der Waals surface area contributed by atoms with Crippen LogP contribution in [-0.2, 0) is 0 Å². The zero-order chi connectivity index (χ0) is 18.7. The van der Waals surface area contributed by atoms with Gasteiger partial charge in [-0.05, 0) is 28.8 Å². The van der Waals surface area contributed by atoms with Crippen LogP contribution in [0.1, 0.15) is 27.5 Å². The summed E-state index contributed by atoms with van der Waals surface area (Å²) in [6.07, 6.45) is 0. The van der Waals surface area contributed by atoms with Gasteiger partial charge >= 0.3 is 0 Å². The first-order valence-corrected chi connectivity index (χ1v) is 7.94. The molecule has 3 aromatic carbocycles. The molecular weight excluding hydrogens is 330 g/mol. The molecule has 0 aromatic heterocycles. The van der Waals surface area contributed by atoms with E-state index in [0.717, 1.165) is 10.8 Å². The lowest BCUT2D eigenvalue weighted by Crippen LogP contribution is -2.28. The summed E-state index contributed by atoms with van der Waals surface area (Å²) >= 11 is 0.